The van der Waals surface area contributed by atoms with E-state index >= 15 is 0 Å². The Bertz CT molecular complexity index is 1460. The summed E-state index contributed by atoms with van der Waals surface area (Å²) in [5, 5.41) is 10.0. The lowest BCUT2D eigenvalue weighted by Gasteiger charge is -2.13. The molecular formula is C29H28N4O4S. The summed E-state index contributed by atoms with van der Waals surface area (Å²) >= 11 is 1.28. The molecular weight excluding hydrogens is 500 g/mol. The fourth-order valence-electron chi connectivity index (χ4n) is 4.36. The van der Waals surface area contributed by atoms with Crippen molar-refractivity contribution in [3.05, 3.63) is 76.7 Å². The lowest BCUT2D eigenvalue weighted by molar-refractivity contribution is 0.0944. The minimum absolute atomic E-state index is 0.0811. The fourth-order valence-corrected chi connectivity index (χ4v) is 5.28. The third kappa shape index (κ3) is 5.28. The zero-order chi connectivity index (χ0) is 26.1. The molecule has 0 spiro atoms. The number of allylic oxidation sites excluding steroid dienone is 3. The van der Waals surface area contributed by atoms with E-state index in [0.29, 0.717) is 39.3 Å². The number of fused-ring (bicyclic) bond motifs is 1. The Balaban J connectivity index is 1.28. The number of thiazole rings is 1. The largest absolute Gasteiger partial charge is 0.454 e. The van der Waals surface area contributed by atoms with Crippen LogP contribution in [-0.4, -0.2) is 36.2 Å². The van der Waals surface area contributed by atoms with Crippen LogP contribution in [0.2, 0.25) is 0 Å². The van der Waals surface area contributed by atoms with Crippen LogP contribution in [0.15, 0.2) is 60.7 Å². The van der Waals surface area contributed by atoms with Gasteiger partial charge in [-0.25, -0.2) is 4.98 Å². The van der Waals surface area contributed by atoms with Crippen LogP contribution < -0.4 is 25.4 Å². The number of carbonyl (C=O) groups excluding carboxylic acids is 2. The van der Waals surface area contributed by atoms with Gasteiger partial charge >= 0.3 is 0 Å². The Morgan fingerprint density at radius 3 is 2.74 bits per heavy atom. The molecule has 0 saturated heterocycles. The third-order valence-electron chi connectivity index (χ3n) is 6.73. The van der Waals surface area contributed by atoms with Crippen molar-refractivity contribution < 1.29 is 19.1 Å². The number of hydrogen-bond donors (Lipinski definition) is 3. The standard InChI is InChI=1S/C29H28N4O4S/c1-17-7-8-20(27(34)31-21-10-11-21)13-22(17)32-29-33-25(19-9-12-23-24(14-19)37-16-36-23)26(38-29)28(35)30-15-18-5-3-2-4-6-18/h2-5,7-9,12-14,18,21H,6,10-11,15-16H2,1H3,(H,30,35)(H,31,34)(H,32,33). The summed E-state index contributed by atoms with van der Waals surface area (Å²) in [5.41, 5.74) is 3.65. The molecule has 6 rings (SSSR count). The molecule has 3 N–H and O–H groups in total. The van der Waals surface area contributed by atoms with Crippen LogP contribution in [-0.2, 0) is 0 Å². The van der Waals surface area contributed by atoms with Crippen LogP contribution in [0.4, 0.5) is 10.8 Å². The molecule has 2 aliphatic carbocycles. The van der Waals surface area contributed by atoms with E-state index in [1.165, 1.54) is 11.3 Å². The smallest absolute Gasteiger partial charge is 0.263 e. The average molecular weight is 529 g/mol. The number of anilines is 2. The maximum Gasteiger partial charge on any atom is 0.263 e. The summed E-state index contributed by atoms with van der Waals surface area (Å²) < 4.78 is 11.0. The SMILES string of the molecule is Cc1ccc(C(=O)NC2CC2)cc1Nc1nc(-c2ccc3c(c2)OCO3)c(C(=O)NCC2C=CC=CC2)s1. The predicted octanol–water partition coefficient (Wildman–Crippen LogP) is 5.35. The maximum absolute atomic E-state index is 13.4. The zero-order valence-electron chi connectivity index (χ0n) is 21.0. The van der Waals surface area contributed by atoms with E-state index in [1.54, 1.807) is 0 Å². The number of amides is 2. The Labute approximate surface area is 224 Å². The number of nitrogens with zero attached hydrogens (tertiary/aromatic N) is 1. The zero-order valence-corrected chi connectivity index (χ0v) is 21.8. The summed E-state index contributed by atoms with van der Waals surface area (Å²) in [6, 6.07) is 11.4. The van der Waals surface area contributed by atoms with E-state index in [1.807, 2.05) is 55.5 Å². The van der Waals surface area contributed by atoms with Crippen molar-refractivity contribution in [3.63, 3.8) is 0 Å². The monoisotopic (exact) mass is 528 g/mol. The summed E-state index contributed by atoms with van der Waals surface area (Å²) in [6.45, 7) is 2.68. The quantitative estimate of drug-likeness (QED) is 0.365. The Morgan fingerprint density at radius 2 is 1.92 bits per heavy atom. The summed E-state index contributed by atoms with van der Waals surface area (Å²) in [5.74, 6) is 1.29. The molecule has 2 heterocycles. The topological polar surface area (TPSA) is 102 Å². The lowest BCUT2D eigenvalue weighted by Crippen LogP contribution is -2.28. The first kappa shape index (κ1) is 24.2. The molecule has 1 unspecified atom stereocenters. The summed E-state index contributed by atoms with van der Waals surface area (Å²) in [4.78, 5) is 31.3. The van der Waals surface area contributed by atoms with Crippen molar-refractivity contribution in [2.45, 2.75) is 32.2 Å². The number of benzene rings is 2. The molecule has 3 aromatic rings. The van der Waals surface area contributed by atoms with E-state index in [0.717, 1.165) is 36.1 Å². The van der Waals surface area contributed by atoms with E-state index < -0.39 is 0 Å². The first-order valence-corrected chi connectivity index (χ1v) is 13.6. The van der Waals surface area contributed by atoms with Crippen LogP contribution in [0.5, 0.6) is 11.5 Å². The van der Waals surface area contributed by atoms with Gasteiger partial charge in [0.2, 0.25) is 6.79 Å². The van der Waals surface area contributed by atoms with Crippen molar-refractivity contribution >= 4 is 34.0 Å². The van der Waals surface area contributed by atoms with Crippen molar-refractivity contribution in [1.82, 2.24) is 15.6 Å². The van der Waals surface area contributed by atoms with Gasteiger partial charge in [0.05, 0.1) is 5.69 Å². The minimum Gasteiger partial charge on any atom is -0.454 e. The number of aromatic nitrogens is 1. The molecule has 1 atom stereocenters. The van der Waals surface area contributed by atoms with Gasteiger partial charge in [-0.05, 0) is 68.0 Å². The van der Waals surface area contributed by atoms with E-state index in [9.17, 15) is 9.59 Å². The van der Waals surface area contributed by atoms with Crippen LogP contribution in [0.3, 0.4) is 0 Å². The van der Waals surface area contributed by atoms with Gasteiger partial charge in [0.1, 0.15) is 4.88 Å². The molecule has 0 bridgehead atoms. The average Bonchev–Trinajstić information content (AvgIpc) is 3.44. The van der Waals surface area contributed by atoms with Crippen molar-refractivity contribution in [3.8, 4) is 22.8 Å². The lowest BCUT2D eigenvalue weighted by atomic mass is 10.0. The molecule has 2 aromatic carbocycles. The van der Waals surface area contributed by atoms with E-state index in [4.69, 9.17) is 14.5 Å². The molecule has 38 heavy (non-hydrogen) atoms. The number of aryl methyl sites for hydroxylation is 1. The first-order chi connectivity index (χ1) is 18.5. The molecule has 1 fully saturated rings. The first-order valence-electron chi connectivity index (χ1n) is 12.7. The van der Waals surface area contributed by atoms with Crippen molar-refractivity contribution in [2.24, 2.45) is 5.92 Å². The fraction of sp³-hybridized carbons (Fsp3) is 0.276. The van der Waals surface area contributed by atoms with Gasteiger partial charge in [-0.3, -0.25) is 9.59 Å². The summed E-state index contributed by atoms with van der Waals surface area (Å²) in [6.07, 6.45) is 11.2. The van der Waals surface area contributed by atoms with E-state index in [-0.39, 0.29) is 30.6 Å². The molecule has 8 nitrogen and oxygen atoms in total. The molecule has 1 saturated carbocycles. The van der Waals surface area contributed by atoms with Crippen LogP contribution >= 0.6 is 11.3 Å². The van der Waals surface area contributed by atoms with Gasteiger partial charge in [0.15, 0.2) is 16.6 Å². The highest BCUT2D eigenvalue weighted by molar-refractivity contribution is 7.18. The highest BCUT2D eigenvalue weighted by Gasteiger charge is 2.25. The van der Waals surface area contributed by atoms with Crippen molar-refractivity contribution in [2.75, 3.05) is 18.7 Å². The highest BCUT2D eigenvalue weighted by atomic mass is 32.1. The molecule has 0 radical (unpaired) electrons. The van der Waals surface area contributed by atoms with Gasteiger partial charge < -0.3 is 25.4 Å². The molecule has 1 aromatic heterocycles. The van der Waals surface area contributed by atoms with Crippen LogP contribution in [0.25, 0.3) is 11.3 Å². The Hall–Kier alpha value is -4.11. The molecule has 3 aliphatic rings. The van der Waals surface area contributed by atoms with Gasteiger partial charge in [-0.1, -0.05) is 41.7 Å². The molecule has 2 amide bonds. The van der Waals surface area contributed by atoms with Crippen LogP contribution in [0, 0.1) is 12.8 Å². The van der Waals surface area contributed by atoms with Crippen LogP contribution in [0.1, 0.15) is 44.9 Å². The summed E-state index contributed by atoms with van der Waals surface area (Å²) in [7, 11) is 0. The van der Waals surface area contributed by atoms with E-state index in [2.05, 4.69) is 28.1 Å². The molecule has 194 valence electrons. The highest BCUT2D eigenvalue weighted by Crippen LogP contribution is 2.39. The van der Waals surface area contributed by atoms with Crippen molar-refractivity contribution in [1.29, 1.82) is 0 Å². The Morgan fingerprint density at radius 1 is 1.05 bits per heavy atom. The van der Waals surface area contributed by atoms with Gasteiger partial charge in [0.25, 0.3) is 11.8 Å². The second-order valence-electron chi connectivity index (χ2n) is 9.69. The van der Waals surface area contributed by atoms with Gasteiger partial charge in [0, 0.05) is 29.4 Å². The third-order valence-corrected chi connectivity index (χ3v) is 7.70. The second-order valence-corrected chi connectivity index (χ2v) is 10.7. The maximum atomic E-state index is 13.4. The second kappa shape index (κ2) is 10.3. The number of carbonyl (C=O) groups is 2. The minimum atomic E-state index is -0.180. The predicted molar refractivity (Wildman–Crippen MR) is 147 cm³/mol. The van der Waals surface area contributed by atoms with Gasteiger partial charge in [-0.2, -0.15) is 0 Å². The number of ether oxygens (including phenoxy) is 2. The molecule has 9 heteroatoms. The number of rotatable bonds is 8. The number of nitrogens with one attached hydrogen (secondary N) is 3. The normalized spacial score (nSPS) is 17.3. The number of hydrogen-bond acceptors (Lipinski definition) is 7. The molecule has 1 aliphatic heterocycles. The van der Waals surface area contributed by atoms with Gasteiger partial charge in [-0.15, -0.1) is 0 Å². The Kier molecular flexibility index (Phi) is 6.59.